The van der Waals surface area contributed by atoms with Gasteiger partial charge in [0, 0.05) is 18.3 Å². The maximum Gasteiger partial charge on any atom is 0.271 e. The molecule has 1 N–H and O–H groups in total. The topological polar surface area (TPSA) is 111 Å². The highest BCUT2D eigenvalue weighted by Crippen LogP contribution is 2.41. The second kappa shape index (κ2) is 8.83. The third kappa shape index (κ3) is 4.88. The zero-order valence-electron chi connectivity index (χ0n) is 14.5. The van der Waals surface area contributed by atoms with E-state index in [1.165, 1.54) is 30.5 Å². The average molecular weight is 509 g/mol. The second-order valence-electron chi connectivity index (χ2n) is 5.64. The van der Waals surface area contributed by atoms with E-state index in [4.69, 9.17) is 51.1 Å². The van der Waals surface area contributed by atoms with Crippen LogP contribution in [0.2, 0.25) is 20.2 Å². The van der Waals surface area contributed by atoms with Gasteiger partial charge in [0.2, 0.25) is 0 Å². The number of ether oxygens (including phenoxy) is 1. The summed E-state index contributed by atoms with van der Waals surface area (Å²) in [4.78, 5) is 13.7. The number of hydrogen-bond acceptors (Lipinski definition) is 6. The highest BCUT2D eigenvalue weighted by molar-refractivity contribution is 7.92. The van der Waals surface area contributed by atoms with Crippen molar-refractivity contribution in [3.05, 3.63) is 79.0 Å². The van der Waals surface area contributed by atoms with Gasteiger partial charge in [-0.15, -0.1) is 0 Å². The number of anilines is 1. The van der Waals surface area contributed by atoms with Gasteiger partial charge in [0.05, 0.1) is 30.6 Å². The number of pyridine rings is 1. The van der Waals surface area contributed by atoms with E-state index in [0.717, 1.165) is 18.2 Å². The Labute approximate surface area is 190 Å². The van der Waals surface area contributed by atoms with Crippen molar-refractivity contribution in [2.75, 3.05) is 4.72 Å². The molecule has 1 heterocycles. The van der Waals surface area contributed by atoms with Crippen LogP contribution in [0.25, 0.3) is 0 Å². The highest BCUT2D eigenvalue weighted by Gasteiger charge is 2.22. The van der Waals surface area contributed by atoms with Gasteiger partial charge in [0.25, 0.3) is 15.7 Å². The molecule has 0 saturated carbocycles. The van der Waals surface area contributed by atoms with Gasteiger partial charge in [-0.05, 0) is 30.3 Å². The summed E-state index contributed by atoms with van der Waals surface area (Å²) in [6.07, 6.45) is 1.41. The zero-order chi connectivity index (χ0) is 22.1. The fourth-order valence-corrected chi connectivity index (χ4v) is 4.50. The Balaban J connectivity index is 1.92. The molecule has 0 radical (unpaired) electrons. The molecule has 0 atom stereocenters. The van der Waals surface area contributed by atoms with E-state index in [0.29, 0.717) is 0 Å². The number of rotatable bonds is 6. The molecule has 2 aromatic carbocycles. The molecule has 13 heteroatoms. The number of nitro groups is 1. The summed E-state index contributed by atoms with van der Waals surface area (Å²) in [6.45, 7) is 0. The SMILES string of the molecule is O=[N+]([O-])c1ccc(Oc2c(Cl)cc(S(=O)(=O)Nc3cccnc3Cl)cc2Cl)c(Cl)c1. The molecule has 1 aromatic heterocycles. The molecule has 0 aliphatic rings. The van der Waals surface area contributed by atoms with E-state index < -0.39 is 14.9 Å². The van der Waals surface area contributed by atoms with Crippen LogP contribution in [0.3, 0.4) is 0 Å². The number of hydrogen-bond donors (Lipinski definition) is 1. The van der Waals surface area contributed by atoms with Crippen LogP contribution in [0.15, 0.2) is 53.6 Å². The number of halogens is 4. The smallest absolute Gasteiger partial charge is 0.271 e. The number of non-ortho nitro benzene ring substituents is 1. The minimum absolute atomic E-state index is 0.0361. The first-order valence-electron chi connectivity index (χ1n) is 7.82. The first-order valence-corrected chi connectivity index (χ1v) is 10.8. The van der Waals surface area contributed by atoms with Crippen LogP contribution in [0.1, 0.15) is 0 Å². The van der Waals surface area contributed by atoms with Crippen molar-refractivity contribution < 1.29 is 18.1 Å². The molecule has 3 aromatic rings. The largest absolute Gasteiger partial charge is 0.453 e. The summed E-state index contributed by atoms with van der Waals surface area (Å²) in [6, 6.07) is 8.73. The van der Waals surface area contributed by atoms with Gasteiger partial charge in [-0.2, -0.15) is 0 Å². The molecule has 0 bridgehead atoms. The number of nitrogens with zero attached hydrogens (tertiary/aromatic N) is 2. The minimum atomic E-state index is -4.09. The molecule has 0 aliphatic heterocycles. The van der Waals surface area contributed by atoms with E-state index in [1.54, 1.807) is 0 Å². The van der Waals surface area contributed by atoms with Gasteiger partial charge < -0.3 is 4.74 Å². The lowest BCUT2D eigenvalue weighted by atomic mass is 10.3. The van der Waals surface area contributed by atoms with Gasteiger partial charge >= 0.3 is 0 Å². The van der Waals surface area contributed by atoms with Crippen LogP contribution < -0.4 is 9.46 Å². The fraction of sp³-hybridized carbons (Fsp3) is 0. The minimum Gasteiger partial charge on any atom is -0.453 e. The molecular formula is C17H9Cl4N3O5S. The molecule has 8 nitrogen and oxygen atoms in total. The Morgan fingerprint density at radius 2 is 1.67 bits per heavy atom. The molecule has 0 amide bonds. The van der Waals surface area contributed by atoms with Crippen molar-refractivity contribution in [2.24, 2.45) is 0 Å². The summed E-state index contributed by atoms with van der Waals surface area (Å²) in [5.41, 5.74) is -0.157. The summed E-state index contributed by atoms with van der Waals surface area (Å²) in [5, 5.41) is 10.5. The first kappa shape index (κ1) is 22.4. The third-order valence-electron chi connectivity index (χ3n) is 3.62. The summed E-state index contributed by atoms with van der Waals surface area (Å²) in [5.74, 6) is -0.0330. The molecule has 30 heavy (non-hydrogen) atoms. The van der Waals surface area contributed by atoms with Crippen molar-refractivity contribution in [1.29, 1.82) is 0 Å². The fourth-order valence-electron chi connectivity index (χ4n) is 2.25. The van der Waals surface area contributed by atoms with E-state index in [2.05, 4.69) is 9.71 Å². The van der Waals surface area contributed by atoms with Gasteiger partial charge in [-0.1, -0.05) is 46.4 Å². The Morgan fingerprint density at radius 1 is 1.00 bits per heavy atom. The van der Waals surface area contributed by atoms with Crippen molar-refractivity contribution >= 4 is 67.8 Å². The van der Waals surface area contributed by atoms with Crippen molar-refractivity contribution in [3.8, 4) is 11.5 Å². The quantitative estimate of drug-likeness (QED) is 0.241. The summed E-state index contributed by atoms with van der Waals surface area (Å²) >= 11 is 24.2. The lowest BCUT2D eigenvalue weighted by Crippen LogP contribution is -2.13. The standard InChI is InChI=1S/C17H9Cl4N3O5S/c18-11-6-9(24(25)26)3-4-15(11)29-16-12(19)7-10(8-13(16)20)30(27,28)23-14-2-1-5-22-17(14)21/h1-8,23H. The molecule has 0 unspecified atom stereocenters. The molecule has 156 valence electrons. The van der Waals surface area contributed by atoms with Crippen LogP contribution in [0.5, 0.6) is 11.5 Å². The normalized spacial score (nSPS) is 11.2. The van der Waals surface area contributed by atoms with Crippen LogP contribution in [-0.2, 0) is 10.0 Å². The van der Waals surface area contributed by atoms with E-state index in [-0.39, 0.29) is 48.0 Å². The van der Waals surface area contributed by atoms with Crippen molar-refractivity contribution in [3.63, 3.8) is 0 Å². The molecule has 0 saturated heterocycles. The lowest BCUT2D eigenvalue weighted by molar-refractivity contribution is -0.384. The molecular weight excluding hydrogens is 500 g/mol. The van der Waals surface area contributed by atoms with E-state index >= 15 is 0 Å². The predicted octanol–water partition coefficient (Wildman–Crippen LogP) is 6.20. The summed E-state index contributed by atoms with van der Waals surface area (Å²) < 4.78 is 33.1. The van der Waals surface area contributed by atoms with Crippen LogP contribution in [-0.4, -0.2) is 18.3 Å². The molecule has 3 rings (SSSR count). The Bertz CT molecular complexity index is 1230. The Kier molecular flexibility index (Phi) is 6.59. The summed E-state index contributed by atoms with van der Waals surface area (Å²) in [7, 11) is -4.09. The van der Waals surface area contributed by atoms with E-state index in [9.17, 15) is 18.5 Å². The number of aromatic nitrogens is 1. The monoisotopic (exact) mass is 507 g/mol. The van der Waals surface area contributed by atoms with Gasteiger partial charge in [0.1, 0.15) is 5.75 Å². The van der Waals surface area contributed by atoms with Crippen molar-refractivity contribution in [1.82, 2.24) is 4.98 Å². The zero-order valence-corrected chi connectivity index (χ0v) is 18.3. The molecule has 0 aliphatic carbocycles. The molecule has 0 spiro atoms. The lowest BCUT2D eigenvalue weighted by Gasteiger charge is -2.14. The second-order valence-corrected chi connectivity index (χ2v) is 8.90. The highest BCUT2D eigenvalue weighted by atomic mass is 35.5. The average Bonchev–Trinajstić information content (AvgIpc) is 2.67. The Hall–Kier alpha value is -2.30. The van der Waals surface area contributed by atoms with Gasteiger partial charge in [-0.25, -0.2) is 13.4 Å². The maximum absolute atomic E-state index is 12.6. The Morgan fingerprint density at radius 3 is 2.23 bits per heavy atom. The third-order valence-corrected chi connectivity index (χ3v) is 6.13. The van der Waals surface area contributed by atoms with Crippen molar-refractivity contribution in [2.45, 2.75) is 4.90 Å². The number of nitro benzene ring substituents is 1. The van der Waals surface area contributed by atoms with E-state index in [1.807, 2.05) is 0 Å². The maximum atomic E-state index is 12.6. The number of nitrogens with one attached hydrogen (secondary N) is 1. The predicted molar refractivity (Wildman–Crippen MR) is 115 cm³/mol. The molecule has 0 fully saturated rings. The number of benzene rings is 2. The van der Waals surface area contributed by atoms with Crippen LogP contribution >= 0.6 is 46.4 Å². The van der Waals surface area contributed by atoms with Gasteiger partial charge in [0.15, 0.2) is 10.9 Å². The van der Waals surface area contributed by atoms with Gasteiger partial charge in [-0.3, -0.25) is 14.8 Å². The van der Waals surface area contributed by atoms with Crippen LogP contribution in [0, 0.1) is 10.1 Å². The number of sulfonamides is 1. The first-order chi connectivity index (χ1) is 14.1. The van der Waals surface area contributed by atoms with Crippen LogP contribution in [0.4, 0.5) is 11.4 Å².